The molecule has 1 atom stereocenters. The van der Waals surface area contributed by atoms with E-state index in [9.17, 15) is 14.4 Å². The first-order valence-electron chi connectivity index (χ1n) is 9.68. The van der Waals surface area contributed by atoms with Crippen LogP contribution in [0.5, 0.6) is 0 Å². The fraction of sp³-hybridized carbons (Fsp3) is 0.429. The van der Waals surface area contributed by atoms with E-state index in [4.69, 9.17) is 0 Å². The predicted octanol–water partition coefficient (Wildman–Crippen LogP) is 4.09. The number of rotatable bonds is 7. The number of nitrogens with zero attached hydrogens (tertiary/aromatic N) is 4. The Hall–Kier alpha value is -2.66. The Bertz CT molecular complexity index is 929. The van der Waals surface area contributed by atoms with Crippen LogP contribution in [0, 0.1) is 17.1 Å². The molecule has 1 N–H and O–H groups in total. The number of hydrogen-bond donors (Lipinski definition) is 1. The Kier molecular flexibility index (Phi) is 6.70. The summed E-state index contributed by atoms with van der Waals surface area (Å²) in [5, 5.41) is 20.9. The molecule has 1 saturated carbocycles. The Morgan fingerprint density at radius 1 is 1.41 bits per heavy atom. The van der Waals surface area contributed by atoms with E-state index in [2.05, 4.69) is 28.2 Å². The van der Waals surface area contributed by atoms with Gasteiger partial charge in [-0.3, -0.25) is 9.36 Å². The normalized spacial score (nSPS) is 16.6. The van der Waals surface area contributed by atoms with Crippen molar-refractivity contribution in [1.29, 1.82) is 5.26 Å². The van der Waals surface area contributed by atoms with Crippen LogP contribution in [0.1, 0.15) is 39.0 Å². The van der Waals surface area contributed by atoms with Gasteiger partial charge >= 0.3 is 0 Å². The number of thioether (sulfide) groups is 1. The second-order valence-electron chi connectivity index (χ2n) is 7.19. The Morgan fingerprint density at radius 2 is 2.14 bits per heavy atom. The zero-order valence-corrected chi connectivity index (χ0v) is 17.2. The maximum absolute atomic E-state index is 14.2. The molecule has 2 aromatic rings. The molecule has 1 aliphatic carbocycles. The van der Waals surface area contributed by atoms with Crippen LogP contribution in [0.25, 0.3) is 11.4 Å². The molecular formula is C21H24FN5OS. The van der Waals surface area contributed by atoms with Gasteiger partial charge in [-0.2, -0.15) is 5.26 Å². The van der Waals surface area contributed by atoms with E-state index in [-0.39, 0.29) is 11.7 Å². The molecule has 1 aliphatic rings. The Balaban J connectivity index is 1.79. The molecule has 0 spiro atoms. The molecule has 3 rings (SSSR count). The molecule has 0 saturated heterocycles. The number of nitrogens with one attached hydrogen (secondary N) is 1. The molecule has 6 nitrogen and oxygen atoms in total. The molecule has 1 fully saturated rings. The highest BCUT2D eigenvalue weighted by Gasteiger charge is 2.35. The van der Waals surface area contributed by atoms with Crippen molar-refractivity contribution in [3.63, 3.8) is 0 Å². The van der Waals surface area contributed by atoms with E-state index < -0.39 is 10.8 Å². The summed E-state index contributed by atoms with van der Waals surface area (Å²) >= 11 is 1.24. The topological polar surface area (TPSA) is 83.6 Å². The molecule has 152 valence electrons. The SMILES string of the molecule is C=CCn1c(SC(C)C(=O)NC2(C#N)CCCCC2)nnc1-c1ccccc1F. The van der Waals surface area contributed by atoms with Crippen molar-refractivity contribution in [2.24, 2.45) is 0 Å². The van der Waals surface area contributed by atoms with Gasteiger partial charge in [0.25, 0.3) is 0 Å². The third kappa shape index (κ3) is 4.67. The quantitative estimate of drug-likeness (QED) is 0.546. The van der Waals surface area contributed by atoms with Gasteiger partial charge in [-0.25, -0.2) is 4.39 Å². The number of carbonyl (C=O) groups is 1. The van der Waals surface area contributed by atoms with Crippen LogP contribution in [-0.4, -0.2) is 31.5 Å². The van der Waals surface area contributed by atoms with Gasteiger partial charge in [0.05, 0.1) is 16.9 Å². The molecule has 1 heterocycles. The third-order valence-corrected chi connectivity index (χ3v) is 6.16. The third-order valence-electron chi connectivity index (χ3n) is 5.08. The number of amides is 1. The Labute approximate surface area is 174 Å². The maximum Gasteiger partial charge on any atom is 0.234 e. The minimum atomic E-state index is -0.780. The first-order valence-corrected chi connectivity index (χ1v) is 10.6. The molecule has 1 aromatic heterocycles. The monoisotopic (exact) mass is 413 g/mol. The van der Waals surface area contributed by atoms with Crippen molar-refractivity contribution in [2.45, 2.75) is 61.5 Å². The lowest BCUT2D eigenvalue weighted by molar-refractivity contribution is -0.121. The molecule has 8 heteroatoms. The lowest BCUT2D eigenvalue weighted by Gasteiger charge is -2.32. The summed E-state index contributed by atoms with van der Waals surface area (Å²) in [4.78, 5) is 12.8. The van der Waals surface area contributed by atoms with Crippen LogP contribution in [0.2, 0.25) is 0 Å². The van der Waals surface area contributed by atoms with Crippen LogP contribution < -0.4 is 5.32 Å². The molecule has 1 aromatic carbocycles. The van der Waals surface area contributed by atoms with Crippen LogP contribution in [0.4, 0.5) is 4.39 Å². The van der Waals surface area contributed by atoms with E-state index in [1.165, 1.54) is 17.8 Å². The molecule has 29 heavy (non-hydrogen) atoms. The van der Waals surface area contributed by atoms with E-state index >= 15 is 0 Å². The van der Waals surface area contributed by atoms with Gasteiger partial charge in [0.15, 0.2) is 11.0 Å². The molecule has 1 unspecified atom stereocenters. The minimum absolute atomic E-state index is 0.209. The number of carbonyl (C=O) groups excluding carboxylic acids is 1. The number of benzene rings is 1. The molecule has 0 radical (unpaired) electrons. The minimum Gasteiger partial charge on any atom is -0.337 e. The summed E-state index contributed by atoms with van der Waals surface area (Å²) < 4.78 is 16.0. The molecule has 0 bridgehead atoms. The number of allylic oxidation sites excluding steroid dienone is 1. The van der Waals surface area contributed by atoms with Crippen molar-refractivity contribution in [1.82, 2.24) is 20.1 Å². The highest BCUT2D eigenvalue weighted by molar-refractivity contribution is 8.00. The van der Waals surface area contributed by atoms with Crippen molar-refractivity contribution in [2.75, 3.05) is 0 Å². The van der Waals surface area contributed by atoms with Crippen LogP contribution in [-0.2, 0) is 11.3 Å². The van der Waals surface area contributed by atoms with Gasteiger partial charge in [-0.05, 0) is 31.9 Å². The van der Waals surface area contributed by atoms with Crippen molar-refractivity contribution in [3.8, 4) is 17.5 Å². The molecule has 1 amide bonds. The number of halogens is 1. The van der Waals surface area contributed by atoms with Gasteiger partial charge in [0.1, 0.15) is 11.4 Å². The summed E-state index contributed by atoms with van der Waals surface area (Å²) in [6, 6.07) is 8.67. The Morgan fingerprint density at radius 3 is 2.79 bits per heavy atom. The molecule has 0 aliphatic heterocycles. The number of hydrogen-bond acceptors (Lipinski definition) is 5. The summed E-state index contributed by atoms with van der Waals surface area (Å²) in [6.07, 6.45) is 6.00. The van der Waals surface area contributed by atoms with Gasteiger partial charge < -0.3 is 5.32 Å². The number of nitriles is 1. The first kappa shape index (κ1) is 21.1. The van der Waals surface area contributed by atoms with Crippen molar-refractivity contribution in [3.05, 3.63) is 42.7 Å². The van der Waals surface area contributed by atoms with E-state index in [1.54, 1.807) is 35.8 Å². The zero-order valence-electron chi connectivity index (χ0n) is 16.4. The van der Waals surface area contributed by atoms with Gasteiger partial charge in [-0.1, -0.05) is 49.2 Å². The van der Waals surface area contributed by atoms with Crippen LogP contribution >= 0.6 is 11.8 Å². The van der Waals surface area contributed by atoms with E-state index in [0.717, 1.165) is 19.3 Å². The zero-order chi connectivity index (χ0) is 20.9. The van der Waals surface area contributed by atoms with Gasteiger partial charge in [0.2, 0.25) is 5.91 Å². The van der Waals surface area contributed by atoms with Gasteiger partial charge in [0, 0.05) is 6.54 Å². The van der Waals surface area contributed by atoms with Crippen molar-refractivity contribution >= 4 is 17.7 Å². The lowest BCUT2D eigenvalue weighted by Crippen LogP contribution is -2.51. The van der Waals surface area contributed by atoms with E-state index in [1.807, 2.05) is 0 Å². The maximum atomic E-state index is 14.2. The lowest BCUT2D eigenvalue weighted by atomic mass is 9.83. The number of aromatic nitrogens is 3. The smallest absolute Gasteiger partial charge is 0.234 e. The summed E-state index contributed by atoms with van der Waals surface area (Å²) in [7, 11) is 0. The van der Waals surface area contributed by atoms with Crippen LogP contribution in [0.15, 0.2) is 42.1 Å². The van der Waals surface area contributed by atoms with E-state index in [0.29, 0.717) is 35.9 Å². The summed E-state index contributed by atoms with van der Waals surface area (Å²) in [6.45, 7) is 5.90. The second-order valence-corrected chi connectivity index (χ2v) is 8.50. The van der Waals surface area contributed by atoms with Crippen LogP contribution in [0.3, 0.4) is 0 Å². The standard InChI is InChI=1S/C21H24FN5OS/c1-3-13-27-18(16-9-5-6-10-17(16)22)25-26-20(27)29-15(2)19(28)24-21(14-23)11-7-4-8-12-21/h3,5-6,9-10,15H,1,4,7-8,11-13H2,2H3,(H,24,28). The fourth-order valence-electron chi connectivity index (χ4n) is 3.48. The predicted molar refractivity (Wildman–Crippen MR) is 111 cm³/mol. The summed E-state index contributed by atoms with van der Waals surface area (Å²) in [5.74, 6) is -0.209. The van der Waals surface area contributed by atoms with Gasteiger partial charge in [-0.15, -0.1) is 16.8 Å². The average molecular weight is 414 g/mol. The first-order chi connectivity index (χ1) is 14.0. The van der Waals surface area contributed by atoms with Crippen molar-refractivity contribution < 1.29 is 9.18 Å². The second kappa shape index (κ2) is 9.23. The fourth-order valence-corrected chi connectivity index (χ4v) is 4.34. The molecular weight excluding hydrogens is 389 g/mol. The summed E-state index contributed by atoms with van der Waals surface area (Å²) in [5.41, 5.74) is -0.437. The highest BCUT2D eigenvalue weighted by atomic mass is 32.2. The highest BCUT2D eigenvalue weighted by Crippen LogP contribution is 2.31. The average Bonchev–Trinajstić information content (AvgIpc) is 3.11. The largest absolute Gasteiger partial charge is 0.337 e.